The molecule has 13 nitrogen and oxygen atoms in total. The zero-order valence-electron chi connectivity index (χ0n) is 16.7. The van der Waals surface area contributed by atoms with Gasteiger partial charge in [0.15, 0.2) is 12.6 Å². The van der Waals surface area contributed by atoms with Crippen LogP contribution in [0.5, 0.6) is 0 Å². The quantitative estimate of drug-likeness (QED) is 0.278. The number of hydrogen-bond acceptors (Lipinski definition) is 12. The van der Waals surface area contributed by atoms with Gasteiger partial charge in [0.2, 0.25) is 0 Å². The van der Waals surface area contributed by atoms with Crippen LogP contribution in [0, 0.1) is 0 Å². The standard InChI is InChI=1S/C17H28O13/c1-17(16(22)23)26-5-7-11(30-17)13(24-2)10(21)15(28-7)29-12-8(19)6(4-18)27-14(25-3)9(12)20/h6-15,18-21H,4-5H2,1-3H3,(H,22,23)/t6-,7-,8-,9-,10-,11-,12+,13-,14-,15+,17+/m1/s1. The topological polar surface area (TPSA) is 183 Å². The molecule has 11 atom stereocenters. The molecule has 0 unspecified atom stereocenters. The molecule has 0 radical (unpaired) electrons. The molecule has 0 aliphatic carbocycles. The highest BCUT2D eigenvalue weighted by atomic mass is 16.8. The largest absolute Gasteiger partial charge is 0.477 e. The molecule has 5 N–H and O–H groups in total. The van der Waals surface area contributed by atoms with E-state index in [0.717, 1.165) is 0 Å². The zero-order chi connectivity index (χ0) is 22.2. The van der Waals surface area contributed by atoms with E-state index in [2.05, 4.69) is 0 Å². The SMILES string of the molecule is CO[C@@H]1O[C@H](CO)[C@@H](O)[C@H](O[C@@H]2O[C@@H]3CO[C@](C)(C(=O)O)O[C@H]3[C@H](OC)[C@H]2O)[C@H]1O. The molecule has 13 heteroatoms. The summed E-state index contributed by atoms with van der Waals surface area (Å²) in [6, 6.07) is 0. The summed E-state index contributed by atoms with van der Waals surface area (Å²) in [4.78, 5) is 11.4. The maximum atomic E-state index is 11.4. The Morgan fingerprint density at radius 3 is 2.27 bits per heavy atom. The van der Waals surface area contributed by atoms with Gasteiger partial charge in [-0.15, -0.1) is 0 Å². The molecule has 0 spiro atoms. The highest BCUT2D eigenvalue weighted by Gasteiger charge is 2.56. The van der Waals surface area contributed by atoms with Gasteiger partial charge in [0.1, 0.15) is 48.8 Å². The summed E-state index contributed by atoms with van der Waals surface area (Å²) < 4.78 is 37.7. The van der Waals surface area contributed by atoms with Crippen molar-refractivity contribution in [2.75, 3.05) is 27.4 Å². The van der Waals surface area contributed by atoms with Crippen LogP contribution in [0.4, 0.5) is 0 Å². The maximum absolute atomic E-state index is 11.4. The minimum absolute atomic E-state index is 0.196. The Bertz CT molecular complexity index is 588. The van der Waals surface area contributed by atoms with Crippen LogP contribution in [0.2, 0.25) is 0 Å². The normalized spacial score (nSPS) is 49.4. The van der Waals surface area contributed by atoms with Crippen molar-refractivity contribution in [3.8, 4) is 0 Å². The Morgan fingerprint density at radius 1 is 1.03 bits per heavy atom. The number of aliphatic hydroxyl groups is 4. The molecule has 3 aliphatic heterocycles. The summed E-state index contributed by atoms with van der Waals surface area (Å²) in [6.07, 6.45) is -12.3. The van der Waals surface area contributed by atoms with E-state index >= 15 is 0 Å². The molecule has 0 amide bonds. The molecule has 0 bridgehead atoms. The van der Waals surface area contributed by atoms with Gasteiger partial charge in [0.05, 0.1) is 13.2 Å². The Morgan fingerprint density at radius 2 is 1.70 bits per heavy atom. The van der Waals surface area contributed by atoms with Crippen LogP contribution in [-0.4, -0.2) is 126 Å². The van der Waals surface area contributed by atoms with Crippen molar-refractivity contribution < 1.29 is 63.5 Å². The molecule has 3 aliphatic rings. The van der Waals surface area contributed by atoms with Gasteiger partial charge in [-0.1, -0.05) is 0 Å². The van der Waals surface area contributed by atoms with E-state index in [1.54, 1.807) is 0 Å². The smallest absolute Gasteiger partial charge is 0.364 e. The van der Waals surface area contributed by atoms with Crippen LogP contribution in [0.25, 0.3) is 0 Å². The number of hydrogen-bond donors (Lipinski definition) is 5. The predicted octanol–water partition coefficient (Wildman–Crippen LogP) is -3.23. The van der Waals surface area contributed by atoms with E-state index in [-0.39, 0.29) is 6.61 Å². The van der Waals surface area contributed by atoms with Crippen LogP contribution >= 0.6 is 0 Å². The minimum Gasteiger partial charge on any atom is -0.477 e. The Labute approximate surface area is 171 Å². The van der Waals surface area contributed by atoms with Crippen LogP contribution in [0.1, 0.15) is 6.92 Å². The number of aliphatic carboxylic acids is 1. The van der Waals surface area contributed by atoms with Gasteiger partial charge < -0.3 is 58.7 Å². The van der Waals surface area contributed by atoms with Gasteiger partial charge in [-0.25, -0.2) is 4.79 Å². The average Bonchev–Trinajstić information content (AvgIpc) is 2.72. The molecular weight excluding hydrogens is 412 g/mol. The van der Waals surface area contributed by atoms with Gasteiger partial charge in [0, 0.05) is 21.1 Å². The lowest BCUT2D eigenvalue weighted by Gasteiger charge is -2.50. The first-order valence-corrected chi connectivity index (χ1v) is 9.39. The molecule has 174 valence electrons. The lowest BCUT2D eigenvalue weighted by atomic mass is 9.95. The van der Waals surface area contributed by atoms with Gasteiger partial charge in [-0.05, 0) is 0 Å². The van der Waals surface area contributed by atoms with E-state index in [1.807, 2.05) is 0 Å². The number of aliphatic hydroxyl groups excluding tert-OH is 4. The van der Waals surface area contributed by atoms with Crippen LogP contribution in [0.3, 0.4) is 0 Å². The molecule has 3 rings (SSSR count). The predicted molar refractivity (Wildman–Crippen MR) is 92.0 cm³/mol. The van der Waals surface area contributed by atoms with Crippen molar-refractivity contribution in [3.05, 3.63) is 0 Å². The lowest BCUT2D eigenvalue weighted by molar-refractivity contribution is -0.397. The molecule has 0 aromatic heterocycles. The number of ether oxygens (including phenoxy) is 7. The average molecular weight is 440 g/mol. The molecule has 0 aromatic rings. The van der Waals surface area contributed by atoms with Crippen LogP contribution in [0.15, 0.2) is 0 Å². The van der Waals surface area contributed by atoms with Crippen molar-refractivity contribution in [3.63, 3.8) is 0 Å². The molecule has 0 aromatic carbocycles. The molecule has 3 heterocycles. The molecule has 0 saturated carbocycles. The van der Waals surface area contributed by atoms with Gasteiger partial charge in [-0.2, -0.15) is 0 Å². The molecule has 3 fully saturated rings. The summed E-state index contributed by atoms with van der Waals surface area (Å²) in [5, 5.41) is 50.3. The van der Waals surface area contributed by atoms with E-state index in [9.17, 15) is 30.3 Å². The first kappa shape index (κ1) is 23.7. The number of carbonyl (C=O) groups is 1. The van der Waals surface area contributed by atoms with Crippen molar-refractivity contribution in [1.29, 1.82) is 0 Å². The van der Waals surface area contributed by atoms with Crippen molar-refractivity contribution >= 4 is 5.97 Å². The first-order valence-electron chi connectivity index (χ1n) is 9.39. The fraction of sp³-hybridized carbons (Fsp3) is 0.941. The fourth-order valence-electron chi connectivity index (χ4n) is 3.76. The summed E-state index contributed by atoms with van der Waals surface area (Å²) in [7, 11) is 2.57. The monoisotopic (exact) mass is 440 g/mol. The van der Waals surface area contributed by atoms with E-state index < -0.39 is 79.8 Å². The van der Waals surface area contributed by atoms with E-state index in [4.69, 9.17) is 33.2 Å². The zero-order valence-corrected chi connectivity index (χ0v) is 16.7. The van der Waals surface area contributed by atoms with Crippen molar-refractivity contribution in [2.24, 2.45) is 0 Å². The number of carboxylic acids is 1. The fourth-order valence-corrected chi connectivity index (χ4v) is 3.76. The third-order valence-corrected chi connectivity index (χ3v) is 5.50. The lowest BCUT2D eigenvalue weighted by Crippen LogP contribution is -2.68. The number of methoxy groups -OCH3 is 2. The second-order valence-electron chi connectivity index (χ2n) is 7.42. The van der Waals surface area contributed by atoms with Gasteiger partial charge in [-0.3, -0.25) is 0 Å². The number of fused-ring (bicyclic) bond motifs is 1. The van der Waals surface area contributed by atoms with Crippen LogP contribution in [-0.2, 0) is 38.0 Å². The van der Waals surface area contributed by atoms with E-state index in [0.29, 0.717) is 0 Å². The minimum atomic E-state index is -1.94. The van der Waals surface area contributed by atoms with E-state index in [1.165, 1.54) is 21.1 Å². The Balaban J connectivity index is 1.77. The summed E-state index contributed by atoms with van der Waals surface area (Å²) in [5.41, 5.74) is 0. The first-order chi connectivity index (χ1) is 14.2. The second kappa shape index (κ2) is 9.26. The van der Waals surface area contributed by atoms with Gasteiger partial charge in [0.25, 0.3) is 5.79 Å². The number of carboxylic acid groups (broad SMARTS) is 1. The number of rotatable bonds is 6. The van der Waals surface area contributed by atoms with Crippen molar-refractivity contribution in [1.82, 2.24) is 0 Å². The summed E-state index contributed by atoms with van der Waals surface area (Å²) in [6.45, 7) is 0.461. The molecule has 3 saturated heterocycles. The molecular formula is C17H28O13. The maximum Gasteiger partial charge on any atom is 0.364 e. The summed E-state index contributed by atoms with van der Waals surface area (Å²) >= 11 is 0. The highest BCUT2D eigenvalue weighted by molar-refractivity contribution is 5.75. The van der Waals surface area contributed by atoms with Gasteiger partial charge >= 0.3 is 5.97 Å². The Kier molecular flexibility index (Phi) is 7.31. The third-order valence-electron chi connectivity index (χ3n) is 5.50. The van der Waals surface area contributed by atoms with Crippen molar-refractivity contribution in [2.45, 2.75) is 74.1 Å². The molecule has 30 heavy (non-hydrogen) atoms. The second-order valence-corrected chi connectivity index (χ2v) is 7.42. The van der Waals surface area contributed by atoms with Crippen LogP contribution < -0.4 is 0 Å². The summed E-state index contributed by atoms with van der Waals surface area (Å²) in [5.74, 6) is -3.29. The Hall–Kier alpha value is -0.970. The third kappa shape index (κ3) is 4.20. The highest BCUT2D eigenvalue weighted by Crippen LogP contribution is 2.36.